The highest BCUT2D eigenvalue weighted by Gasteiger charge is 2.20. The zero-order valence-corrected chi connectivity index (χ0v) is 13.2. The molecule has 0 aliphatic carbocycles. The van der Waals surface area contributed by atoms with Crippen molar-refractivity contribution in [3.05, 3.63) is 34.3 Å². The third-order valence-corrected chi connectivity index (χ3v) is 4.90. The third kappa shape index (κ3) is 3.32. The first kappa shape index (κ1) is 14.3. The quantitative estimate of drug-likeness (QED) is 0.941. The van der Waals surface area contributed by atoms with Gasteiger partial charge in [-0.15, -0.1) is 11.3 Å². The van der Waals surface area contributed by atoms with E-state index in [-0.39, 0.29) is 11.9 Å². The van der Waals surface area contributed by atoms with Gasteiger partial charge >= 0.3 is 0 Å². The van der Waals surface area contributed by atoms with Crippen molar-refractivity contribution in [1.82, 2.24) is 19.9 Å². The number of aryl methyl sites for hydroxylation is 1. The van der Waals surface area contributed by atoms with Gasteiger partial charge in [-0.05, 0) is 6.42 Å². The predicted molar refractivity (Wildman–Crippen MR) is 82.4 cm³/mol. The van der Waals surface area contributed by atoms with E-state index in [0.717, 1.165) is 35.9 Å². The molecule has 1 amide bonds. The smallest absolute Gasteiger partial charge is 0.226 e. The average Bonchev–Trinajstić information content (AvgIpc) is 3.06. The van der Waals surface area contributed by atoms with Crippen molar-refractivity contribution < 1.29 is 4.79 Å². The van der Waals surface area contributed by atoms with E-state index in [1.54, 1.807) is 11.3 Å². The van der Waals surface area contributed by atoms with E-state index in [1.807, 2.05) is 17.8 Å². The van der Waals surface area contributed by atoms with Gasteiger partial charge in [-0.1, -0.05) is 13.8 Å². The predicted octanol–water partition coefficient (Wildman–Crippen LogP) is 2.14. The number of thiazole rings is 1. The standard InChI is InChI=1S/C15H20N4OS/c1-10(2)15-18-12(9-21-15)7-14(20)17-11-3-4-13-16-5-6-19(13)8-11/h5-6,9-11H,3-4,7-8H2,1-2H3,(H,17,20). The molecule has 0 aromatic carbocycles. The Morgan fingerprint density at radius 3 is 3.19 bits per heavy atom. The van der Waals surface area contributed by atoms with Crippen LogP contribution in [0.4, 0.5) is 0 Å². The summed E-state index contributed by atoms with van der Waals surface area (Å²) in [5, 5.41) is 6.20. The molecule has 0 saturated heterocycles. The molecule has 0 spiro atoms. The van der Waals surface area contributed by atoms with E-state index < -0.39 is 0 Å². The molecule has 5 nitrogen and oxygen atoms in total. The van der Waals surface area contributed by atoms with Crippen LogP contribution < -0.4 is 5.32 Å². The van der Waals surface area contributed by atoms with Gasteiger partial charge in [0.25, 0.3) is 0 Å². The first-order valence-corrected chi connectivity index (χ1v) is 8.23. The molecule has 2 aromatic rings. The molecule has 0 saturated carbocycles. The average molecular weight is 304 g/mol. The Morgan fingerprint density at radius 2 is 2.43 bits per heavy atom. The maximum absolute atomic E-state index is 12.1. The van der Waals surface area contributed by atoms with Crippen molar-refractivity contribution >= 4 is 17.2 Å². The Bertz CT molecular complexity index is 631. The Hall–Kier alpha value is -1.69. The van der Waals surface area contributed by atoms with E-state index in [0.29, 0.717) is 12.3 Å². The molecule has 1 aliphatic rings. The van der Waals surface area contributed by atoms with Crippen molar-refractivity contribution in [2.45, 2.75) is 51.6 Å². The number of hydrogen-bond acceptors (Lipinski definition) is 4. The van der Waals surface area contributed by atoms with E-state index >= 15 is 0 Å². The molecule has 0 radical (unpaired) electrons. The number of hydrogen-bond donors (Lipinski definition) is 1. The minimum absolute atomic E-state index is 0.0594. The highest BCUT2D eigenvalue weighted by molar-refractivity contribution is 7.09. The molecule has 21 heavy (non-hydrogen) atoms. The van der Waals surface area contributed by atoms with Gasteiger partial charge in [0, 0.05) is 42.7 Å². The van der Waals surface area contributed by atoms with Crippen LogP contribution >= 0.6 is 11.3 Å². The number of amides is 1. The monoisotopic (exact) mass is 304 g/mol. The maximum atomic E-state index is 12.1. The first-order chi connectivity index (χ1) is 10.1. The fraction of sp³-hybridized carbons (Fsp3) is 0.533. The summed E-state index contributed by atoms with van der Waals surface area (Å²) >= 11 is 1.63. The van der Waals surface area contributed by atoms with Crippen molar-refractivity contribution in [2.24, 2.45) is 0 Å². The van der Waals surface area contributed by atoms with Crippen LogP contribution in [0.25, 0.3) is 0 Å². The number of imidazole rings is 1. The summed E-state index contributed by atoms with van der Waals surface area (Å²) in [7, 11) is 0. The van der Waals surface area contributed by atoms with Gasteiger partial charge in [0.15, 0.2) is 0 Å². The molecule has 2 aromatic heterocycles. The molecule has 3 rings (SSSR count). The van der Waals surface area contributed by atoms with Gasteiger partial charge < -0.3 is 9.88 Å². The fourth-order valence-electron chi connectivity index (χ4n) is 2.60. The van der Waals surface area contributed by atoms with Crippen molar-refractivity contribution in [2.75, 3.05) is 0 Å². The molecular weight excluding hydrogens is 284 g/mol. The third-order valence-electron chi connectivity index (χ3n) is 3.71. The largest absolute Gasteiger partial charge is 0.351 e. The van der Waals surface area contributed by atoms with Crippen LogP contribution in [0.5, 0.6) is 0 Å². The Balaban J connectivity index is 1.55. The van der Waals surface area contributed by atoms with Gasteiger partial charge in [-0.25, -0.2) is 9.97 Å². The lowest BCUT2D eigenvalue weighted by molar-refractivity contribution is -0.121. The zero-order chi connectivity index (χ0) is 14.8. The minimum Gasteiger partial charge on any atom is -0.351 e. The number of rotatable bonds is 4. The summed E-state index contributed by atoms with van der Waals surface area (Å²) in [6, 6.07) is 0.197. The molecule has 0 fully saturated rings. The minimum atomic E-state index is 0.0594. The number of carbonyl (C=O) groups excluding carboxylic acids is 1. The molecule has 1 unspecified atom stereocenters. The van der Waals surface area contributed by atoms with Gasteiger partial charge in [-0.2, -0.15) is 0 Å². The van der Waals surface area contributed by atoms with E-state index in [1.165, 1.54) is 0 Å². The SMILES string of the molecule is CC(C)c1nc(CC(=O)NC2CCc3nccn3C2)cs1. The van der Waals surface area contributed by atoms with Crippen LogP contribution in [0.15, 0.2) is 17.8 Å². The summed E-state index contributed by atoms with van der Waals surface area (Å²) in [6.45, 7) is 5.05. The first-order valence-electron chi connectivity index (χ1n) is 7.35. The number of nitrogens with zero attached hydrogens (tertiary/aromatic N) is 3. The van der Waals surface area contributed by atoms with E-state index in [4.69, 9.17) is 0 Å². The second-order valence-corrected chi connectivity index (χ2v) is 6.70. The summed E-state index contributed by atoms with van der Waals surface area (Å²) in [6.07, 6.45) is 6.05. The number of fused-ring (bicyclic) bond motifs is 1. The Kier molecular flexibility index (Phi) is 4.05. The van der Waals surface area contributed by atoms with Crippen molar-refractivity contribution in [3.8, 4) is 0 Å². The topological polar surface area (TPSA) is 59.8 Å². The maximum Gasteiger partial charge on any atom is 0.226 e. The van der Waals surface area contributed by atoms with Gasteiger partial charge in [0.2, 0.25) is 5.91 Å². The van der Waals surface area contributed by atoms with Crippen LogP contribution in [0, 0.1) is 0 Å². The molecule has 112 valence electrons. The van der Waals surface area contributed by atoms with Gasteiger partial charge in [0.1, 0.15) is 5.82 Å². The molecule has 1 N–H and O–H groups in total. The van der Waals surface area contributed by atoms with Crippen LogP contribution in [0.1, 0.15) is 42.7 Å². The molecular formula is C15H20N4OS. The molecule has 0 bridgehead atoms. The summed E-state index contributed by atoms with van der Waals surface area (Å²) < 4.78 is 2.12. The van der Waals surface area contributed by atoms with Gasteiger partial charge in [0.05, 0.1) is 17.1 Å². The normalized spacial score (nSPS) is 17.8. The molecule has 1 aliphatic heterocycles. The van der Waals surface area contributed by atoms with Crippen LogP contribution in [0.2, 0.25) is 0 Å². The molecule has 6 heteroatoms. The van der Waals surface area contributed by atoms with Gasteiger partial charge in [-0.3, -0.25) is 4.79 Å². The summed E-state index contributed by atoms with van der Waals surface area (Å²) in [5.41, 5.74) is 0.875. The molecule has 3 heterocycles. The lowest BCUT2D eigenvalue weighted by Gasteiger charge is -2.24. The highest BCUT2D eigenvalue weighted by Crippen LogP contribution is 2.19. The number of carbonyl (C=O) groups is 1. The lowest BCUT2D eigenvalue weighted by atomic mass is 10.1. The fourth-order valence-corrected chi connectivity index (χ4v) is 3.43. The van der Waals surface area contributed by atoms with Crippen molar-refractivity contribution in [1.29, 1.82) is 0 Å². The zero-order valence-electron chi connectivity index (χ0n) is 12.4. The van der Waals surface area contributed by atoms with Crippen LogP contribution in [-0.4, -0.2) is 26.5 Å². The Labute approximate surface area is 128 Å². The Morgan fingerprint density at radius 1 is 1.57 bits per heavy atom. The second-order valence-electron chi connectivity index (χ2n) is 5.81. The van der Waals surface area contributed by atoms with Crippen LogP contribution in [-0.2, 0) is 24.2 Å². The second kappa shape index (κ2) is 5.97. The summed E-state index contributed by atoms with van der Waals surface area (Å²) in [4.78, 5) is 21.0. The van der Waals surface area contributed by atoms with E-state index in [9.17, 15) is 4.79 Å². The van der Waals surface area contributed by atoms with Crippen molar-refractivity contribution in [3.63, 3.8) is 0 Å². The highest BCUT2D eigenvalue weighted by atomic mass is 32.1. The number of aromatic nitrogens is 3. The lowest BCUT2D eigenvalue weighted by Crippen LogP contribution is -2.41. The molecule has 1 atom stereocenters. The van der Waals surface area contributed by atoms with E-state index in [2.05, 4.69) is 33.7 Å². The summed E-state index contributed by atoms with van der Waals surface area (Å²) in [5.74, 6) is 1.59. The number of nitrogens with one attached hydrogen (secondary N) is 1. The van der Waals surface area contributed by atoms with Crippen LogP contribution in [0.3, 0.4) is 0 Å².